The summed E-state index contributed by atoms with van der Waals surface area (Å²) in [6, 6.07) is 6.37. The van der Waals surface area contributed by atoms with Crippen LogP contribution in [0.3, 0.4) is 0 Å². The smallest absolute Gasteiger partial charge is 0.0931 e. The fourth-order valence-corrected chi connectivity index (χ4v) is 1.50. The zero-order valence-corrected chi connectivity index (χ0v) is 7.96. The Hall–Kier alpha value is -1.31. The standard InChI is InChI=1S/C11H13N2/c1-8(2)5-9-3-4-10-11(6-9)13-7-12-10/h3-4,6-7H,5H2,1-2H3,(H,12,13). The second-order valence-corrected chi connectivity index (χ2v) is 3.64. The van der Waals surface area contributed by atoms with Gasteiger partial charge in [0, 0.05) is 0 Å². The summed E-state index contributed by atoms with van der Waals surface area (Å²) in [4.78, 5) is 7.30. The zero-order valence-electron chi connectivity index (χ0n) is 7.96. The number of rotatable bonds is 2. The molecule has 0 fully saturated rings. The number of hydrogen-bond acceptors (Lipinski definition) is 1. The first-order chi connectivity index (χ1) is 6.25. The third kappa shape index (κ3) is 1.72. The minimum atomic E-state index is 1.04. The summed E-state index contributed by atoms with van der Waals surface area (Å²) in [5, 5.41) is 0. The van der Waals surface area contributed by atoms with Gasteiger partial charge in [0.15, 0.2) is 0 Å². The van der Waals surface area contributed by atoms with Crippen LogP contribution >= 0.6 is 0 Å². The van der Waals surface area contributed by atoms with Crippen molar-refractivity contribution in [3.63, 3.8) is 0 Å². The molecule has 0 atom stereocenters. The van der Waals surface area contributed by atoms with E-state index in [1.807, 2.05) is 0 Å². The molecule has 2 rings (SSSR count). The third-order valence-electron chi connectivity index (χ3n) is 2.04. The van der Waals surface area contributed by atoms with Crippen LogP contribution in [0.2, 0.25) is 0 Å². The lowest BCUT2D eigenvalue weighted by Crippen LogP contribution is -1.91. The van der Waals surface area contributed by atoms with Crippen molar-refractivity contribution in [1.82, 2.24) is 9.97 Å². The van der Waals surface area contributed by atoms with Crippen LogP contribution in [-0.4, -0.2) is 9.97 Å². The van der Waals surface area contributed by atoms with E-state index in [0.29, 0.717) is 0 Å². The maximum absolute atomic E-state index is 4.22. The van der Waals surface area contributed by atoms with E-state index in [4.69, 9.17) is 0 Å². The molecule has 0 unspecified atom stereocenters. The molecular formula is C11H13N2. The maximum atomic E-state index is 4.22. The Balaban J connectivity index is 2.37. The predicted octanol–water partition coefficient (Wildman–Crippen LogP) is 2.72. The van der Waals surface area contributed by atoms with E-state index in [1.54, 1.807) is 6.33 Å². The highest BCUT2D eigenvalue weighted by Crippen LogP contribution is 2.15. The second-order valence-electron chi connectivity index (χ2n) is 3.64. The van der Waals surface area contributed by atoms with Gasteiger partial charge in [-0.25, -0.2) is 4.98 Å². The van der Waals surface area contributed by atoms with Crippen molar-refractivity contribution in [2.75, 3.05) is 0 Å². The lowest BCUT2D eigenvalue weighted by molar-refractivity contribution is 0.958. The molecule has 1 aromatic carbocycles. The number of fused-ring (bicyclic) bond motifs is 1. The highest BCUT2D eigenvalue weighted by atomic mass is 14.9. The summed E-state index contributed by atoms with van der Waals surface area (Å²) in [7, 11) is 0. The Labute approximate surface area is 78.0 Å². The van der Waals surface area contributed by atoms with E-state index < -0.39 is 0 Å². The van der Waals surface area contributed by atoms with Gasteiger partial charge in [-0.1, -0.05) is 19.9 Å². The maximum Gasteiger partial charge on any atom is 0.0931 e. The quantitative estimate of drug-likeness (QED) is 0.743. The van der Waals surface area contributed by atoms with Gasteiger partial charge in [-0.2, -0.15) is 0 Å². The molecule has 2 heteroatoms. The van der Waals surface area contributed by atoms with Crippen molar-refractivity contribution in [1.29, 1.82) is 0 Å². The molecule has 1 aromatic heterocycles. The average molecular weight is 173 g/mol. The minimum Gasteiger partial charge on any atom is -0.345 e. The number of imidazole rings is 1. The van der Waals surface area contributed by atoms with Crippen molar-refractivity contribution in [3.05, 3.63) is 36.0 Å². The molecule has 0 aliphatic rings. The van der Waals surface area contributed by atoms with Crippen LogP contribution < -0.4 is 0 Å². The van der Waals surface area contributed by atoms with Gasteiger partial charge >= 0.3 is 0 Å². The Morgan fingerprint density at radius 1 is 1.38 bits per heavy atom. The molecule has 0 amide bonds. The largest absolute Gasteiger partial charge is 0.345 e. The average Bonchev–Trinajstić information content (AvgIpc) is 2.49. The van der Waals surface area contributed by atoms with Gasteiger partial charge in [0.25, 0.3) is 0 Å². The first-order valence-corrected chi connectivity index (χ1v) is 4.47. The van der Waals surface area contributed by atoms with Gasteiger partial charge < -0.3 is 4.98 Å². The van der Waals surface area contributed by atoms with E-state index in [2.05, 4.69) is 42.0 Å². The normalized spacial score (nSPS) is 11.3. The van der Waals surface area contributed by atoms with Gasteiger partial charge in [0.2, 0.25) is 0 Å². The summed E-state index contributed by atoms with van der Waals surface area (Å²) in [5.41, 5.74) is 3.50. The zero-order chi connectivity index (χ0) is 9.26. The highest BCUT2D eigenvalue weighted by Gasteiger charge is 2.00. The van der Waals surface area contributed by atoms with Gasteiger partial charge in [0.1, 0.15) is 0 Å². The molecule has 0 bridgehead atoms. The molecule has 0 aliphatic carbocycles. The molecule has 0 saturated carbocycles. The Morgan fingerprint density at radius 3 is 3.00 bits per heavy atom. The molecule has 0 spiro atoms. The Kier molecular flexibility index (Phi) is 2.05. The second kappa shape index (κ2) is 3.21. The number of hydrogen-bond donors (Lipinski definition) is 1. The number of benzene rings is 1. The first-order valence-electron chi connectivity index (χ1n) is 4.47. The lowest BCUT2D eigenvalue weighted by Gasteiger charge is -2.03. The van der Waals surface area contributed by atoms with E-state index in [9.17, 15) is 0 Å². The molecule has 0 saturated heterocycles. The Bertz CT molecular complexity index is 401. The van der Waals surface area contributed by atoms with Crippen LogP contribution in [0.5, 0.6) is 0 Å². The molecule has 1 heterocycles. The molecular weight excluding hydrogens is 160 g/mol. The van der Waals surface area contributed by atoms with Crippen molar-refractivity contribution in [2.24, 2.45) is 0 Å². The van der Waals surface area contributed by atoms with Crippen LogP contribution in [0, 0.1) is 5.92 Å². The number of nitrogens with zero attached hydrogens (tertiary/aromatic N) is 1. The van der Waals surface area contributed by atoms with Crippen LogP contribution in [0.15, 0.2) is 24.5 Å². The number of nitrogens with one attached hydrogen (secondary N) is 1. The van der Waals surface area contributed by atoms with Crippen LogP contribution in [-0.2, 0) is 6.42 Å². The number of aromatic nitrogens is 2. The fraction of sp³-hybridized carbons (Fsp3) is 0.273. The van der Waals surface area contributed by atoms with Gasteiger partial charge in [-0.15, -0.1) is 0 Å². The van der Waals surface area contributed by atoms with Gasteiger partial charge in [-0.3, -0.25) is 0 Å². The lowest BCUT2D eigenvalue weighted by atomic mass is 10.0. The van der Waals surface area contributed by atoms with E-state index >= 15 is 0 Å². The molecule has 13 heavy (non-hydrogen) atoms. The molecule has 1 radical (unpaired) electrons. The van der Waals surface area contributed by atoms with Crippen LogP contribution in [0.1, 0.15) is 19.4 Å². The fourth-order valence-electron chi connectivity index (χ4n) is 1.50. The predicted molar refractivity (Wildman–Crippen MR) is 54.4 cm³/mol. The van der Waals surface area contributed by atoms with E-state index in [1.165, 1.54) is 11.5 Å². The molecule has 2 aromatic rings. The van der Waals surface area contributed by atoms with Crippen molar-refractivity contribution < 1.29 is 0 Å². The third-order valence-corrected chi connectivity index (χ3v) is 2.04. The molecule has 2 nitrogen and oxygen atoms in total. The highest BCUT2D eigenvalue weighted by molar-refractivity contribution is 5.75. The van der Waals surface area contributed by atoms with Gasteiger partial charge in [0.05, 0.1) is 17.4 Å². The monoisotopic (exact) mass is 173 g/mol. The minimum absolute atomic E-state index is 1.04. The van der Waals surface area contributed by atoms with Crippen LogP contribution in [0.25, 0.3) is 11.0 Å². The van der Waals surface area contributed by atoms with Crippen molar-refractivity contribution in [2.45, 2.75) is 20.3 Å². The molecule has 67 valence electrons. The molecule has 1 N–H and O–H groups in total. The number of H-pyrrole nitrogens is 1. The number of aromatic amines is 1. The topological polar surface area (TPSA) is 28.7 Å². The molecule has 0 aliphatic heterocycles. The van der Waals surface area contributed by atoms with Crippen molar-refractivity contribution >= 4 is 11.0 Å². The van der Waals surface area contributed by atoms with Gasteiger partial charge in [-0.05, 0) is 30.0 Å². The summed E-state index contributed by atoms with van der Waals surface area (Å²) < 4.78 is 0. The summed E-state index contributed by atoms with van der Waals surface area (Å²) in [6.45, 7) is 4.30. The van der Waals surface area contributed by atoms with Crippen LogP contribution in [0.4, 0.5) is 0 Å². The van der Waals surface area contributed by atoms with Crippen molar-refractivity contribution in [3.8, 4) is 0 Å². The Morgan fingerprint density at radius 2 is 2.23 bits per heavy atom. The summed E-state index contributed by atoms with van der Waals surface area (Å²) in [5.74, 6) is 1.43. The summed E-state index contributed by atoms with van der Waals surface area (Å²) in [6.07, 6.45) is 2.78. The van der Waals surface area contributed by atoms with E-state index in [0.717, 1.165) is 17.5 Å². The summed E-state index contributed by atoms with van der Waals surface area (Å²) >= 11 is 0. The first kappa shape index (κ1) is 8.30. The SMILES string of the molecule is C[C](C)Cc1ccc2[nH]cnc2c1. The van der Waals surface area contributed by atoms with E-state index in [-0.39, 0.29) is 0 Å².